The van der Waals surface area contributed by atoms with Gasteiger partial charge in [-0.05, 0) is 49.7 Å². The zero-order chi connectivity index (χ0) is 27.2. The van der Waals surface area contributed by atoms with E-state index < -0.39 is 38.9 Å². The standard InChI is InChI=1S/C25H22F3NO8S/c1-2-34-24(31)14-3-5-16(6-4-14)36-22-20(30)17-7-8-19-18(21(17)37-23(22)25(26,27)28)11-29(13-35-19)15-9-10-38(32,33)12-15/h3-8,15H,2,9-13H2,1H3. The Morgan fingerprint density at radius 1 is 1.16 bits per heavy atom. The van der Waals surface area contributed by atoms with Gasteiger partial charge in [-0.3, -0.25) is 9.69 Å². The summed E-state index contributed by atoms with van der Waals surface area (Å²) in [4.78, 5) is 26.8. The molecule has 5 rings (SSSR count). The SMILES string of the molecule is CCOC(=O)c1ccc(Oc2c(C(F)(F)F)oc3c4c(ccc3c2=O)OCN(C2CCS(=O)(=O)C2)C4)cc1. The van der Waals surface area contributed by atoms with Gasteiger partial charge in [-0.15, -0.1) is 0 Å². The first-order valence-electron chi connectivity index (χ1n) is 11.7. The highest BCUT2D eigenvalue weighted by molar-refractivity contribution is 7.91. The minimum atomic E-state index is -5.08. The minimum Gasteiger partial charge on any atom is -0.478 e. The highest BCUT2D eigenvalue weighted by Crippen LogP contribution is 2.41. The van der Waals surface area contributed by atoms with Crippen molar-refractivity contribution in [1.82, 2.24) is 4.90 Å². The van der Waals surface area contributed by atoms with E-state index >= 15 is 0 Å². The van der Waals surface area contributed by atoms with Crippen LogP contribution in [0.4, 0.5) is 13.2 Å². The average molecular weight is 554 g/mol. The molecule has 1 aromatic heterocycles. The van der Waals surface area contributed by atoms with E-state index in [2.05, 4.69) is 0 Å². The zero-order valence-electron chi connectivity index (χ0n) is 20.0. The van der Waals surface area contributed by atoms with E-state index in [0.717, 1.165) is 0 Å². The molecule has 0 amide bonds. The van der Waals surface area contributed by atoms with Crippen LogP contribution in [-0.4, -0.2) is 50.2 Å². The summed E-state index contributed by atoms with van der Waals surface area (Å²) in [5, 5.41) is -0.153. The van der Waals surface area contributed by atoms with Gasteiger partial charge in [-0.25, -0.2) is 13.2 Å². The number of rotatable bonds is 5. The number of fused-ring (bicyclic) bond motifs is 3. The van der Waals surface area contributed by atoms with Gasteiger partial charge >= 0.3 is 12.1 Å². The fourth-order valence-electron chi connectivity index (χ4n) is 4.53. The van der Waals surface area contributed by atoms with Crippen LogP contribution in [0.25, 0.3) is 11.0 Å². The monoisotopic (exact) mass is 553 g/mol. The Kier molecular flexibility index (Phi) is 6.59. The predicted molar refractivity (Wildman–Crippen MR) is 128 cm³/mol. The topological polar surface area (TPSA) is 112 Å². The number of halogens is 3. The number of alkyl halides is 3. The maximum atomic E-state index is 14.1. The Labute approximate surface area is 214 Å². The summed E-state index contributed by atoms with van der Waals surface area (Å²) >= 11 is 0. The molecule has 1 unspecified atom stereocenters. The van der Waals surface area contributed by atoms with Crippen LogP contribution in [0.3, 0.4) is 0 Å². The lowest BCUT2D eigenvalue weighted by molar-refractivity contribution is -0.154. The number of carbonyl (C=O) groups excluding carboxylic acids is 1. The number of esters is 1. The lowest BCUT2D eigenvalue weighted by Gasteiger charge is -2.33. The Hall–Kier alpha value is -3.58. The molecule has 1 saturated heterocycles. The first-order valence-corrected chi connectivity index (χ1v) is 13.5. The highest BCUT2D eigenvalue weighted by atomic mass is 32.2. The summed E-state index contributed by atoms with van der Waals surface area (Å²) in [7, 11) is -3.21. The second-order valence-electron chi connectivity index (χ2n) is 8.93. The molecule has 1 atom stereocenters. The number of benzene rings is 2. The van der Waals surface area contributed by atoms with Gasteiger partial charge < -0.3 is 18.6 Å². The molecule has 38 heavy (non-hydrogen) atoms. The third-order valence-electron chi connectivity index (χ3n) is 6.39. The van der Waals surface area contributed by atoms with Gasteiger partial charge in [-0.2, -0.15) is 13.2 Å². The number of ether oxygens (including phenoxy) is 3. The molecule has 13 heteroatoms. The largest absolute Gasteiger partial charge is 0.478 e. The third-order valence-corrected chi connectivity index (χ3v) is 8.14. The molecule has 2 aliphatic rings. The van der Waals surface area contributed by atoms with Gasteiger partial charge in [-0.1, -0.05) is 0 Å². The van der Waals surface area contributed by atoms with Crippen molar-refractivity contribution in [2.24, 2.45) is 0 Å². The molecule has 0 bridgehead atoms. The Morgan fingerprint density at radius 3 is 2.53 bits per heavy atom. The number of hydrogen-bond acceptors (Lipinski definition) is 9. The highest BCUT2D eigenvalue weighted by Gasteiger charge is 2.42. The van der Waals surface area contributed by atoms with Crippen LogP contribution in [0, 0.1) is 0 Å². The van der Waals surface area contributed by atoms with Crippen LogP contribution in [0.2, 0.25) is 0 Å². The fourth-order valence-corrected chi connectivity index (χ4v) is 6.30. The summed E-state index contributed by atoms with van der Waals surface area (Å²) in [5.41, 5.74) is -0.982. The molecule has 2 aromatic carbocycles. The van der Waals surface area contributed by atoms with E-state index in [4.69, 9.17) is 18.6 Å². The van der Waals surface area contributed by atoms with E-state index in [-0.39, 0.29) is 71.0 Å². The summed E-state index contributed by atoms with van der Waals surface area (Å²) in [6.07, 6.45) is -4.71. The van der Waals surface area contributed by atoms with Crippen LogP contribution in [0.15, 0.2) is 45.6 Å². The number of nitrogens with zero attached hydrogens (tertiary/aromatic N) is 1. The van der Waals surface area contributed by atoms with Crippen LogP contribution in [0.5, 0.6) is 17.2 Å². The van der Waals surface area contributed by atoms with Crippen molar-refractivity contribution in [2.75, 3.05) is 24.8 Å². The van der Waals surface area contributed by atoms with Crippen LogP contribution in [0.1, 0.15) is 35.0 Å². The molecule has 202 valence electrons. The van der Waals surface area contributed by atoms with Gasteiger partial charge in [0.15, 0.2) is 9.84 Å². The molecule has 1 fully saturated rings. The molecule has 0 N–H and O–H groups in total. The van der Waals surface area contributed by atoms with E-state index in [9.17, 15) is 31.2 Å². The summed E-state index contributed by atoms with van der Waals surface area (Å²) in [6, 6.07) is 7.48. The maximum Gasteiger partial charge on any atom is 0.453 e. The summed E-state index contributed by atoms with van der Waals surface area (Å²) < 4.78 is 87.3. The Balaban J connectivity index is 1.54. The normalized spacial score (nSPS) is 19.1. The number of sulfone groups is 1. The predicted octanol–water partition coefficient (Wildman–Crippen LogP) is 4.12. The quantitative estimate of drug-likeness (QED) is 0.431. The first-order chi connectivity index (χ1) is 18.0. The summed E-state index contributed by atoms with van der Waals surface area (Å²) in [5.74, 6) is -3.23. The molecular formula is C25H22F3NO8S. The van der Waals surface area contributed by atoms with Crippen molar-refractivity contribution in [1.29, 1.82) is 0 Å². The molecule has 0 radical (unpaired) electrons. The zero-order valence-corrected chi connectivity index (χ0v) is 20.9. The van der Waals surface area contributed by atoms with Gasteiger partial charge in [0.1, 0.15) is 23.8 Å². The van der Waals surface area contributed by atoms with Gasteiger partial charge in [0.25, 0.3) is 5.76 Å². The lowest BCUT2D eigenvalue weighted by Crippen LogP contribution is -2.41. The molecule has 3 aromatic rings. The molecular weight excluding hydrogens is 531 g/mol. The van der Waals surface area contributed by atoms with Crippen LogP contribution in [-0.2, 0) is 27.3 Å². The molecule has 3 heterocycles. The second-order valence-corrected chi connectivity index (χ2v) is 11.2. The van der Waals surface area contributed by atoms with Crippen molar-refractivity contribution >= 4 is 26.8 Å². The number of carbonyl (C=O) groups is 1. The minimum absolute atomic E-state index is 0.0192. The Morgan fingerprint density at radius 2 is 1.89 bits per heavy atom. The molecule has 0 saturated carbocycles. The number of hydrogen-bond donors (Lipinski definition) is 0. The van der Waals surface area contributed by atoms with Crippen molar-refractivity contribution in [3.05, 3.63) is 63.5 Å². The molecule has 9 nitrogen and oxygen atoms in total. The average Bonchev–Trinajstić information content (AvgIpc) is 3.24. The lowest BCUT2D eigenvalue weighted by atomic mass is 10.1. The van der Waals surface area contributed by atoms with Gasteiger partial charge in [0.05, 0.1) is 34.6 Å². The van der Waals surface area contributed by atoms with Crippen molar-refractivity contribution in [3.8, 4) is 17.2 Å². The molecule has 0 spiro atoms. The smallest absolute Gasteiger partial charge is 0.453 e. The van der Waals surface area contributed by atoms with Gasteiger partial charge in [0, 0.05) is 12.6 Å². The fraction of sp³-hybridized carbons (Fsp3) is 0.360. The first kappa shape index (κ1) is 26.0. The Bertz CT molecular complexity index is 1560. The van der Waals surface area contributed by atoms with E-state index in [1.807, 2.05) is 0 Å². The van der Waals surface area contributed by atoms with E-state index in [1.54, 1.807) is 11.8 Å². The van der Waals surface area contributed by atoms with Crippen molar-refractivity contribution in [3.63, 3.8) is 0 Å². The second kappa shape index (κ2) is 9.62. The van der Waals surface area contributed by atoms with Crippen LogP contribution < -0.4 is 14.9 Å². The van der Waals surface area contributed by atoms with Crippen molar-refractivity contribution in [2.45, 2.75) is 32.1 Å². The van der Waals surface area contributed by atoms with Crippen LogP contribution >= 0.6 is 0 Å². The van der Waals surface area contributed by atoms with Crippen molar-refractivity contribution < 1.29 is 45.0 Å². The molecule has 2 aliphatic heterocycles. The van der Waals surface area contributed by atoms with Gasteiger partial charge in [0.2, 0.25) is 11.2 Å². The third kappa shape index (κ3) is 4.95. The maximum absolute atomic E-state index is 14.1. The summed E-state index contributed by atoms with van der Waals surface area (Å²) in [6.45, 7) is 1.88. The van der Waals surface area contributed by atoms with E-state index in [1.165, 1.54) is 36.4 Å². The van der Waals surface area contributed by atoms with E-state index in [0.29, 0.717) is 6.42 Å². The molecule has 0 aliphatic carbocycles.